The number of benzene rings is 2. The van der Waals surface area contributed by atoms with Crippen LogP contribution in [0.4, 0.5) is 5.69 Å². The first-order chi connectivity index (χ1) is 13.5. The van der Waals surface area contributed by atoms with Crippen molar-refractivity contribution in [2.24, 2.45) is 0 Å². The van der Waals surface area contributed by atoms with Gasteiger partial charge in [-0.05, 0) is 37.4 Å². The van der Waals surface area contributed by atoms with E-state index >= 15 is 0 Å². The van der Waals surface area contributed by atoms with Crippen molar-refractivity contribution in [3.63, 3.8) is 0 Å². The van der Waals surface area contributed by atoms with Crippen LogP contribution < -0.4 is 4.90 Å². The van der Waals surface area contributed by atoms with Gasteiger partial charge >= 0.3 is 5.97 Å². The maximum absolute atomic E-state index is 11.2. The van der Waals surface area contributed by atoms with Crippen LogP contribution in [0.5, 0.6) is 0 Å². The minimum atomic E-state index is -0.975. The van der Waals surface area contributed by atoms with Crippen LogP contribution in [0, 0.1) is 0 Å². The van der Waals surface area contributed by atoms with Crippen LogP contribution in [0.2, 0.25) is 5.02 Å². The first-order valence-corrected chi connectivity index (χ1v) is 9.43. The Bertz CT molecular complexity index is 1010. The number of halogens is 1. The van der Waals surface area contributed by atoms with Gasteiger partial charge in [0.15, 0.2) is 5.76 Å². The molecule has 2 aromatic carbocycles. The van der Waals surface area contributed by atoms with Gasteiger partial charge in [-0.2, -0.15) is 0 Å². The van der Waals surface area contributed by atoms with Crippen molar-refractivity contribution in [1.82, 2.24) is 10.1 Å². The van der Waals surface area contributed by atoms with E-state index in [4.69, 9.17) is 21.2 Å². The smallest absolute Gasteiger partial charge is 0.335 e. The fourth-order valence-corrected chi connectivity index (χ4v) is 3.62. The van der Waals surface area contributed by atoms with Crippen molar-refractivity contribution in [1.29, 1.82) is 0 Å². The number of likely N-dealkylation sites (N-methyl/N-ethyl adjacent to an activating group) is 1. The molecule has 0 saturated carbocycles. The van der Waals surface area contributed by atoms with Crippen LogP contribution in [0.25, 0.3) is 22.6 Å². The van der Waals surface area contributed by atoms with Gasteiger partial charge in [0.05, 0.1) is 16.3 Å². The molecule has 1 aliphatic heterocycles. The highest BCUT2D eigenvalue weighted by molar-refractivity contribution is 6.33. The second-order valence-corrected chi connectivity index (χ2v) is 7.33. The van der Waals surface area contributed by atoms with Gasteiger partial charge in [0.2, 0.25) is 0 Å². The van der Waals surface area contributed by atoms with E-state index in [1.807, 2.05) is 18.2 Å². The SMILES string of the molecule is CN1CCN(c2ccc(-c3cc(-c4cccc(C(=O)O)c4)no3)cc2Cl)CC1. The van der Waals surface area contributed by atoms with Crippen LogP contribution in [-0.2, 0) is 0 Å². The van der Waals surface area contributed by atoms with Crippen molar-refractivity contribution in [2.75, 3.05) is 38.1 Å². The monoisotopic (exact) mass is 397 g/mol. The third kappa shape index (κ3) is 3.74. The largest absolute Gasteiger partial charge is 0.478 e. The van der Waals surface area contributed by atoms with E-state index in [9.17, 15) is 4.79 Å². The van der Waals surface area contributed by atoms with E-state index in [0.717, 1.165) is 37.4 Å². The van der Waals surface area contributed by atoms with Crippen molar-refractivity contribution >= 4 is 23.3 Å². The standard InChI is InChI=1S/C21H20ClN3O3/c1-24-7-9-25(10-8-24)19-6-5-15(12-17(19)22)20-13-18(23-28-20)14-3-2-4-16(11-14)21(26)27/h2-6,11-13H,7-10H2,1H3,(H,26,27). The lowest BCUT2D eigenvalue weighted by Gasteiger charge is -2.34. The lowest BCUT2D eigenvalue weighted by Crippen LogP contribution is -2.44. The number of carbonyl (C=O) groups is 1. The molecule has 144 valence electrons. The van der Waals surface area contributed by atoms with E-state index in [0.29, 0.717) is 22.0 Å². The van der Waals surface area contributed by atoms with E-state index < -0.39 is 5.97 Å². The van der Waals surface area contributed by atoms with Crippen LogP contribution in [0.1, 0.15) is 10.4 Å². The highest BCUT2D eigenvalue weighted by Crippen LogP contribution is 2.33. The summed E-state index contributed by atoms with van der Waals surface area (Å²) in [5, 5.41) is 13.9. The third-order valence-corrected chi connectivity index (χ3v) is 5.29. The summed E-state index contributed by atoms with van der Waals surface area (Å²) in [4.78, 5) is 15.8. The number of hydrogen-bond donors (Lipinski definition) is 1. The topological polar surface area (TPSA) is 69.8 Å². The molecule has 1 fully saturated rings. The number of piperazine rings is 1. The van der Waals surface area contributed by atoms with Gasteiger partial charge < -0.3 is 19.4 Å². The van der Waals surface area contributed by atoms with Crippen LogP contribution >= 0.6 is 11.6 Å². The third-order valence-electron chi connectivity index (χ3n) is 4.99. The van der Waals surface area contributed by atoms with Crippen molar-refractivity contribution in [3.8, 4) is 22.6 Å². The molecule has 2 heterocycles. The highest BCUT2D eigenvalue weighted by Gasteiger charge is 2.18. The van der Waals surface area contributed by atoms with Gasteiger partial charge in [-0.25, -0.2) is 4.79 Å². The molecule has 0 aliphatic carbocycles. The number of hydrogen-bond acceptors (Lipinski definition) is 5. The lowest BCUT2D eigenvalue weighted by atomic mass is 10.1. The Morgan fingerprint density at radius 2 is 1.86 bits per heavy atom. The average Bonchev–Trinajstić information content (AvgIpc) is 3.19. The molecular weight excluding hydrogens is 378 g/mol. The Morgan fingerprint density at radius 3 is 2.57 bits per heavy atom. The summed E-state index contributed by atoms with van der Waals surface area (Å²) in [6.07, 6.45) is 0. The highest BCUT2D eigenvalue weighted by atomic mass is 35.5. The van der Waals surface area contributed by atoms with E-state index in [1.165, 1.54) is 0 Å². The number of aromatic carboxylic acids is 1. The number of rotatable bonds is 4. The summed E-state index contributed by atoms with van der Waals surface area (Å²) in [7, 11) is 2.12. The van der Waals surface area contributed by atoms with Crippen LogP contribution in [0.15, 0.2) is 53.1 Å². The van der Waals surface area contributed by atoms with Gasteiger partial charge in [0.25, 0.3) is 0 Å². The van der Waals surface area contributed by atoms with Crippen molar-refractivity contribution in [2.45, 2.75) is 0 Å². The van der Waals surface area contributed by atoms with Crippen LogP contribution in [-0.4, -0.2) is 54.4 Å². The molecule has 1 saturated heterocycles. The zero-order chi connectivity index (χ0) is 19.7. The zero-order valence-electron chi connectivity index (χ0n) is 15.4. The summed E-state index contributed by atoms with van der Waals surface area (Å²) in [6.45, 7) is 3.92. The summed E-state index contributed by atoms with van der Waals surface area (Å²) < 4.78 is 5.48. The summed E-state index contributed by atoms with van der Waals surface area (Å²) in [5.74, 6) is -0.389. The molecule has 1 aliphatic rings. The fourth-order valence-electron chi connectivity index (χ4n) is 3.32. The number of carboxylic acids is 1. The molecule has 7 heteroatoms. The minimum Gasteiger partial charge on any atom is -0.478 e. The Balaban J connectivity index is 1.58. The minimum absolute atomic E-state index is 0.210. The average molecular weight is 398 g/mol. The first kappa shape index (κ1) is 18.5. The summed E-state index contributed by atoms with van der Waals surface area (Å²) >= 11 is 6.55. The molecule has 1 N–H and O–H groups in total. The summed E-state index contributed by atoms with van der Waals surface area (Å²) in [6, 6.07) is 14.3. The van der Waals surface area contributed by atoms with E-state index in [1.54, 1.807) is 30.3 Å². The summed E-state index contributed by atoms with van der Waals surface area (Å²) in [5.41, 5.74) is 3.33. The molecular formula is C21H20ClN3O3. The molecule has 4 rings (SSSR count). The molecule has 0 radical (unpaired) electrons. The number of anilines is 1. The Kier molecular flexibility index (Phi) is 5.07. The van der Waals surface area contributed by atoms with Gasteiger partial charge in [0, 0.05) is 43.4 Å². The molecule has 0 bridgehead atoms. The van der Waals surface area contributed by atoms with Gasteiger partial charge in [-0.15, -0.1) is 0 Å². The molecule has 0 unspecified atom stereocenters. The predicted molar refractivity (Wildman–Crippen MR) is 109 cm³/mol. The second kappa shape index (κ2) is 7.66. The normalized spacial score (nSPS) is 15.0. The Morgan fingerprint density at radius 1 is 1.07 bits per heavy atom. The molecule has 1 aromatic heterocycles. The quantitative estimate of drug-likeness (QED) is 0.714. The van der Waals surface area contributed by atoms with Crippen molar-refractivity contribution in [3.05, 3.63) is 59.1 Å². The van der Waals surface area contributed by atoms with Gasteiger partial charge in [0.1, 0.15) is 5.69 Å². The van der Waals surface area contributed by atoms with Crippen LogP contribution in [0.3, 0.4) is 0 Å². The molecule has 0 atom stereocenters. The molecule has 0 amide bonds. The number of aromatic nitrogens is 1. The second-order valence-electron chi connectivity index (χ2n) is 6.92. The maximum atomic E-state index is 11.2. The number of carboxylic acid groups (broad SMARTS) is 1. The first-order valence-electron chi connectivity index (χ1n) is 9.05. The van der Waals surface area contributed by atoms with Gasteiger partial charge in [-0.3, -0.25) is 0 Å². The fraction of sp³-hybridized carbons (Fsp3) is 0.238. The predicted octanol–water partition coefficient (Wildman–Crippen LogP) is 4.11. The zero-order valence-corrected chi connectivity index (χ0v) is 16.2. The molecule has 28 heavy (non-hydrogen) atoms. The maximum Gasteiger partial charge on any atom is 0.335 e. The lowest BCUT2D eigenvalue weighted by molar-refractivity contribution is 0.0697. The molecule has 6 nitrogen and oxygen atoms in total. The van der Waals surface area contributed by atoms with Gasteiger partial charge in [-0.1, -0.05) is 28.9 Å². The van der Waals surface area contributed by atoms with E-state index in [2.05, 4.69) is 22.0 Å². The molecule has 0 spiro atoms. The Hall–Kier alpha value is -2.83. The van der Waals surface area contributed by atoms with Crippen molar-refractivity contribution < 1.29 is 14.4 Å². The Labute approximate surface area is 167 Å². The molecule has 3 aromatic rings. The number of nitrogens with zero attached hydrogens (tertiary/aromatic N) is 3. The van der Waals surface area contributed by atoms with E-state index in [-0.39, 0.29) is 5.56 Å².